The Balaban J connectivity index is 1.68. The second-order valence-corrected chi connectivity index (χ2v) is 6.44. The summed E-state index contributed by atoms with van der Waals surface area (Å²) < 4.78 is 39.4. The van der Waals surface area contributed by atoms with E-state index in [1.807, 2.05) is 0 Å². The average Bonchev–Trinajstić information content (AvgIpc) is 2.94. The average molecular weight is 377 g/mol. The van der Waals surface area contributed by atoms with E-state index in [1.54, 1.807) is 25.3 Å². The molecular weight excluding hydrogens is 359 g/mol. The van der Waals surface area contributed by atoms with Gasteiger partial charge in [-0.15, -0.1) is 0 Å². The van der Waals surface area contributed by atoms with Crippen LogP contribution < -0.4 is 5.32 Å². The minimum Gasteiger partial charge on any atom is -0.347 e. The lowest BCUT2D eigenvalue weighted by Crippen LogP contribution is -2.37. The molecule has 1 saturated heterocycles. The lowest BCUT2D eigenvalue weighted by Gasteiger charge is -2.20. The number of likely N-dealkylation sites (tertiary alicyclic amines) is 1. The molecule has 0 radical (unpaired) electrons. The molecule has 1 aromatic carbocycles. The summed E-state index contributed by atoms with van der Waals surface area (Å²) in [5, 5.41) is 2.76. The fraction of sp³-hybridized carbons (Fsp3) is 0.316. The highest BCUT2D eigenvalue weighted by Crippen LogP contribution is 2.32. The smallest absolute Gasteiger partial charge is 0.347 e. The van der Waals surface area contributed by atoms with Gasteiger partial charge in [0.25, 0.3) is 5.91 Å². The monoisotopic (exact) mass is 377 g/mol. The number of amides is 2. The number of pyridine rings is 1. The van der Waals surface area contributed by atoms with E-state index in [2.05, 4.69) is 10.3 Å². The van der Waals surface area contributed by atoms with Gasteiger partial charge >= 0.3 is 6.18 Å². The topological polar surface area (TPSA) is 62.3 Å². The number of hydrogen-bond acceptors (Lipinski definition) is 3. The van der Waals surface area contributed by atoms with Crippen LogP contribution in [0.25, 0.3) is 0 Å². The molecule has 8 heteroatoms. The maximum Gasteiger partial charge on any atom is 0.416 e. The first kappa shape index (κ1) is 18.9. The number of benzene rings is 1. The van der Waals surface area contributed by atoms with Crippen molar-refractivity contribution in [3.8, 4) is 0 Å². The van der Waals surface area contributed by atoms with Crippen LogP contribution in [0.1, 0.15) is 33.6 Å². The number of alkyl halides is 3. The highest BCUT2D eigenvalue weighted by atomic mass is 19.4. The van der Waals surface area contributed by atoms with Crippen molar-refractivity contribution < 1.29 is 22.8 Å². The summed E-state index contributed by atoms with van der Waals surface area (Å²) in [4.78, 5) is 30.0. The van der Waals surface area contributed by atoms with Crippen LogP contribution in [0.3, 0.4) is 0 Å². The Kier molecular flexibility index (Phi) is 5.16. The molecule has 3 rings (SSSR count). The third-order valence-electron chi connectivity index (χ3n) is 4.49. The quantitative estimate of drug-likeness (QED) is 0.891. The number of hydrogen-bond donors (Lipinski definition) is 1. The van der Waals surface area contributed by atoms with Crippen molar-refractivity contribution in [2.24, 2.45) is 0 Å². The largest absolute Gasteiger partial charge is 0.416 e. The van der Waals surface area contributed by atoms with Gasteiger partial charge < -0.3 is 10.2 Å². The molecule has 5 nitrogen and oxygen atoms in total. The molecule has 1 aliphatic heterocycles. The van der Waals surface area contributed by atoms with E-state index >= 15 is 0 Å². The lowest BCUT2D eigenvalue weighted by molar-refractivity contribution is -0.139. The van der Waals surface area contributed by atoms with E-state index < -0.39 is 17.8 Å². The molecule has 0 spiro atoms. The number of carbonyl (C=O) groups excluding carboxylic acids is 2. The minimum absolute atomic E-state index is 0.0356. The zero-order chi connectivity index (χ0) is 19.6. The Morgan fingerprint density at radius 2 is 2.00 bits per heavy atom. The van der Waals surface area contributed by atoms with E-state index in [-0.39, 0.29) is 36.9 Å². The van der Waals surface area contributed by atoms with Crippen molar-refractivity contribution in [1.29, 1.82) is 0 Å². The second kappa shape index (κ2) is 7.38. The van der Waals surface area contributed by atoms with Crippen LogP contribution >= 0.6 is 0 Å². The number of rotatable bonds is 4. The minimum atomic E-state index is -4.48. The van der Waals surface area contributed by atoms with Gasteiger partial charge in [0.1, 0.15) is 0 Å². The number of carbonyl (C=O) groups is 2. The van der Waals surface area contributed by atoms with E-state index in [1.165, 1.54) is 23.1 Å². The molecule has 2 amide bonds. The highest BCUT2D eigenvalue weighted by molar-refractivity contribution is 5.96. The van der Waals surface area contributed by atoms with Crippen molar-refractivity contribution in [3.63, 3.8) is 0 Å². The Morgan fingerprint density at radius 3 is 2.70 bits per heavy atom. The zero-order valence-corrected chi connectivity index (χ0v) is 14.6. The maximum absolute atomic E-state index is 13.1. The van der Waals surface area contributed by atoms with Crippen molar-refractivity contribution in [2.45, 2.75) is 32.1 Å². The molecule has 0 saturated carbocycles. The van der Waals surface area contributed by atoms with Gasteiger partial charge in [0.05, 0.1) is 17.2 Å². The Hall–Kier alpha value is -2.90. The predicted molar refractivity (Wildman–Crippen MR) is 91.7 cm³/mol. The zero-order valence-electron chi connectivity index (χ0n) is 14.6. The highest BCUT2D eigenvalue weighted by Gasteiger charge is 2.36. The first-order chi connectivity index (χ1) is 12.8. The summed E-state index contributed by atoms with van der Waals surface area (Å²) in [7, 11) is 0. The molecule has 1 N–H and O–H groups in total. The summed E-state index contributed by atoms with van der Waals surface area (Å²) in [6.45, 7) is 1.72. The molecule has 27 heavy (non-hydrogen) atoms. The number of aromatic nitrogens is 1. The molecule has 1 atom stereocenters. The normalized spacial score (nSPS) is 17.3. The van der Waals surface area contributed by atoms with Crippen LogP contribution in [0.2, 0.25) is 0 Å². The molecule has 2 heterocycles. The fourth-order valence-corrected chi connectivity index (χ4v) is 3.15. The molecule has 0 aliphatic carbocycles. The Morgan fingerprint density at radius 1 is 1.26 bits per heavy atom. The summed E-state index contributed by atoms with van der Waals surface area (Å²) in [6.07, 6.45) is -2.85. The number of nitrogens with one attached hydrogen (secondary N) is 1. The standard InChI is InChI=1S/C19H18F3N3O2/c1-12-15(6-4-8-23-12)18(27)24-14-9-17(26)25(11-14)10-13-5-2-3-7-16(13)19(20,21)22/h2-8,14H,9-11H2,1H3,(H,24,27)/t14-/m1/s1. The van der Waals surface area contributed by atoms with Crippen LogP contribution in [-0.4, -0.2) is 34.3 Å². The van der Waals surface area contributed by atoms with Crippen LogP contribution in [0.5, 0.6) is 0 Å². The van der Waals surface area contributed by atoms with Crippen molar-refractivity contribution in [3.05, 3.63) is 65.0 Å². The van der Waals surface area contributed by atoms with Gasteiger partial charge in [0.2, 0.25) is 5.91 Å². The van der Waals surface area contributed by atoms with Gasteiger partial charge in [-0.2, -0.15) is 13.2 Å². The van der Waals surface area contributed by atoms with Gasteiger partial charge in [0.15, 0.2) is 0 Å². The molecule has 142 valence electrons. The second-order valence-electron chi connectivity index (χ2n) is 6.44. The lowest BCUT2D eigenvalue weighted by atomic mass is 10.1. The maximum atomic E-state index is 13.1. The van der Waals surface area contributed by atoms with Crippen LogP contribution in [0.4, 0.5) is 13.2 Å². The third kappa shape index (κ3) is 4.27. The summed E-state index contributed by atoms with van der Waals surface area (Å²) in [5.74, 6) is -0.642. The molecule has 0 bridgehead atoms. The van der Waals surface area contributed by atoms with E-state index in [9.17, 15) is 22.8 Å². The van der Waals surface area contributed by atoms with Crippen LogP contribution in [0.15, 0.2) is 42.6 Å². The molecule has 1 aromatic heterocycles. The SMILES string of the molecule is Cc1ncccc1C(=O)N[C@@H]1CC(=O)N(Cc2ccccc2C(F)(F)F)C1. The van der Waals surface area contributed by atoms with E-state index in [4.69, 9.17) is 0 Å². The number of halogens is 3. The molecule has 0 unspecified atom stereocenters. The summed E-state index contributed by atoms with van der Waals surface area (Å²) in [5.41, 5.74) is 0.255. The molecule has 1 aliphatic rings. The van der Waals surface area contributed by atoms with Crippen LogP contribution in [0, 0.1) is 6.92 Å². The van der Waals surface area contributed by atoms with Crippen molar-refractivity contribution >= 4 is 11.8 Å². The van der Waals surface area contributed by atoms with Crippen molar-refractivity contribution in [1.82, 2.24) is 15.2 Å². The van der Waals surface area contributed by atoms with Gasteiger partial charge in [-0.25, -0.2) is 0 Å². The first-order valence-electron chi connectivity index (χ1n) is 8.41. The Bertz CT molecular complexity index is 867. The molecule has 2 aromatic rings. The summed E-state index contributed by atoms with van der Waals surface area (Å²) >= 11 is 0. The van der Waals surface area contributed by atoms with Gasteiger partial charge in [-0.1, -0.05) is 18.2 Å². The first-order valence-corrected chi connectivity index (χ1v) is 8.41. The van der Waals surface area contributed by atoms with E-state index in [0.29, 0.717) is 11.3 Å². The van der Waals surface area contributed by atoms with Crippen LogP contribution in [-0.2, 0) is 17.5 Å². The number of nitrogens with zero attached hydrogens (tertiary/aromatic N) is 2. The fourth-order valence-electron chi connectivity index (χ4n) is 3.15. The predicted octanol–water partition coefficient (Wildman–Crippen LogP) is 2.94. The summed E-state index contributed by atoms with van der Waals surface area (Å²) in [6, 6.07) is 8.00. The number of aryl methyl sites for hydroxylation is 1. The third-order valence-corrected chi connectivity index (χ3v) is 4.49. The molecule has 1 fully saturated rings. The van der Waals surface area contributed by atoms with Gasteiger partial charge in [0, 0.05) is 31.4 Å². The Labute approximate surface area is 154 Å². The van der Waals surface area contributed by atoms with Crippen molar-refractivity contribution in [2.75, 3.05) is 6.54 Å². The van der Waals surface area contributed by atoms with Gasteiger partial charge in [-0.05, 0) is 30.7 Å². The van der Waals surface area contributed by atoms with Gasteiger partial charge in [-0.3, -0.25) is 14.6 Å². The molecular formula is C19H18F3N3O2. The van der Waals surface area contributed by atoms with E-state index in [0.717, 1.165) is 6.07 Å².